The highest BCUT2D eigenvalue weighted by Gasteiger charge is 2.21. The van der Waals surface area contributed by atoms with Crippen LogP contribution >= 0.6 is 11.6 Å². The molecule has 2 amide bonds. The van der Waals surface area contributed by atoms with Crippen molar-refractivity contribution in [2.24, 2.45) is 0 Å². The van der Waals surface area contributed by atoms with Gasteiger partial charge in [-0.05, 0) is 49.6 Å². The minimum Gasteiger partial charge on any atom is -0.339 e. The Balaban J connectivity index is 1.82. The zero-order chi connectivity index (χ0) is 18.5. The molecule has 0 bridgehead atoms. The van der Waals surface area contributed by atoms with Gasteiger partial charge in [-0.3, -0.25) is 9.59 Å². The SMILES string of the molecule is Cc1ccc(C(=O)Nc2ccccc2C(=O)N2CCCCCC2)c(Cl)c1. The Morgan fingerprint density at radius 3 is 2.35 bits per heavy atom. The highest BCUT2D eigenvalue weighted by molar-refractivity contribution is 6.34. The highest BCUT2D eigenvalue weighted by Crippen LogP contribution is 2.23. The van der Waals surface area contributed by atoms with Crippen molar-refractivity contribution in [1.82, 2.24) is 4.90 Å². The first-order valence-electron chi connectivity index (χ1n) is 9.02. The van der Waals surface area contributed by atoms with Crippen LogP contribution in [0.5, 0.6) is 0 Å². The third-order valence-corrected chi connectivity index (χ3v) is 4.98. The van der Waals surface area contributed by atoms with E-state index < -0.39 is 0 Å². The molecular formula is C21H23ClN2O2. The van der Waals surface area contributed by atoms with Gasteiger partial charge in [-0.25, -0.2) is 0 Å². The molecule has 3 rings (SSSR count). The molecule has 0 aliphatic carbocycles. The van der Waals surface area contributed by atoms with E-state index in [2.05, 4.69) is 5.32 Å². The maximum Gasteiger partial charge on any atom is 0.257 e. The van der Waals surface area contributed by atoms with Gasteiger partial charge < -0.3 is 10.2 Å². The number of carbonyl (C=O) groups is 2. The standard InChI is InChI=1S/C21H23ClN2O2/c1-15-10-11-16(18(22)14-15)20(25)23-19-9-5-4-8-17(19)21(26)24-12-6-2-3-7-13-24/h4-5,8-11,14H,2-3,6-7,12-13H2,1H3,(H,23,25). The third kappa shape index (κ3) is 4.25. The molecule has 2 aromatic rings. The van der Waals surface area contributed by atoms with Crippen molar-refractivity contribution in [1.29, 1.82) is 0 Å². The topological polar surface area (TPSA) is 49.4 Å². The molecule has 1 aliphatic rings. The molecule has 1 aliphatic heterocycles. The van der Waals surface area contributed by atoms with Crippen molar-refractivity contribution < 1.29 is 9.59 Å². The molecule has 0 atom stereocenters. The van der Waals surface area contributed by atoms with E-state index >= 15 is 0 Å². The zero-order valence-electron chi connectivity index (χ0n) is 14.9. The molecule has 1 N–H and O–H groups in total. The molecule has 0 spiro atoms. The van der Waals surface area contributed by atoms with Crippen molar-refractivity contribution in [3.63, 3.8) is 0 Å². The fourth-order valence-electron chi connectivity index (χ4n) is 3.22. The Bertz CT molecular complexity index is 811. The second kappa shape index (κ2) is 8.37. The smallest absolute Gasteiger partial charge is 0.257 e. The molecule has 26 heavy (non-hydrogen) atoms. The van der Waals surface area contributed by atoms with Gasteiger partial charge in [-0.15, -0.1) is 0 Å². The first-order valence-corrected chi connectivity index (χ1v) is 9.40. The summed E-state index contributed by atoms with van der Waals surface area (Å²) in [4.78, 5) is 27.5. The summed E-state index contributed by atoms with van der Waals surface area (Å²) in [6.07, 6.45) is 4.38. The number of amides is 2. The van der Waals surface area contributed by atoms with Crippen molar-refractivity contribution in [3.05, 3.63) is 64.2 Å². The third-order valence-electron chi connectivity index (χ3n) is 4.67. The van der Waals surface area contributed by atoms with Crippen LogP contribution in [0, 0.1) is 6.92 Å². The number of anilines is 1. The van der Waals surface area contributed by atoms with E-state index in [1.165, 1.54) is 0 Å². The molecule has 5 heteroatoms. The average Bonchev–Trinajstić information content (AvgIpc) is 2.91. The summed E-state index contributed by atoms with van der Waals surface area (Å²) >= 11 is 6.20. The predicted octanol–water partition coefficient (Wildman–Crippen LogP) is 4.92. The first kappa shape index (κ1) is 18.5. The summed E-state index contributed by atoms with van der Waals surface area (Å²) in [5, 5.41) is 3.25. The number of carbonyl (C=O) groups excluding carboxylic acids is 2. The second-order valence-corrected chi connectivity index (χ2v) is 7.10. The molecule has 1 saturated heterocycles. The van der Waals surface area contributed by atoms with Crippen LogP contribution in [0.1, 0.15) is 52.0 Å². The molecule has 0 unspecified atom stereocenters. The molecule has 2 aromatic carbocycles. The van der Waals surface area contributed by atoms with Gasteiger partial charge in [0.2, 0.25) is 0 Å². The molecule has 0 saturated carbocycles. The lowest BCUT2D eigenvalue weighted by molar-refractivity contribution is 0.0762. The predicted molar refractivity (Wildman–Crippen MR) is 105 cm³/mol. The number of hydrogen-bond donors (Lipinski definition) is 1. The monoisotopic (exact) mass is 370 g/mol. The van der Waals surface area contributed by atoms with E-state index in [4.69, 9.17) is 11.6 Å². The van der Waals surface area contributed by atoms with E-state index in [9.17, 15) is 9.59 Å². The quantitative estimate of drug-likeness (QED) is 0.833. The lowest BCUT2D eigenvalue weighted by atomic mass is 10.1. The number of nitrogens with zero attached hydrogens (tertiary/aromatic N) is 1. The van der Waals surface area contributed by atoms with Crippen LogP contribution in [-0.2, 0) is 0 Å². The average molecular weight is 371 g/mol. The minimum atomic E-state index is -0.314. The fourth-order valence-corrected chi connectivity index (χ4v) is 3.54. The summed E-state index contributed by atoms with van der Waals surface area (Å²) in [6.45, 7) is 3.46. The van der Waals surface area contributed by atoms with Crippen LogP contribution in [0.15, 0.2) is 42.5 Å². The lowest BCUT2D eigenvalue weighted by Gasteiger charge is -2.22. The highest BCUT2D eigenvalue weighted by atomic mass is 35.5. The van der Waals surface area contributed by atoms with Crippen LogP contribution in [-0.4, -0.2) is 29.8 Å². The van der Waals surface area contributed by atoms with Gasteiger partial charge in [-0.1, -0.05) is 42.6 Å². The Hall–Kier alpha value is -2.33. The van der Waals surface area contributed by atoms with E-state index in [-0.39, 0.29) is 11.8 Å². The van der Waals surface area contributed by atoms with Gasteiger partial charge in [0.15, 0.2) is 0 Å². The maximum absolute atomic E-state index is 13.0. The molecule has 4 nitrogen and oxygen atoms in total. The molecule has 136 valence electrons. The zero-order valence-corrected chi connectivity index (χ0v) is 15.7. The molecule has 1 heterocycles. The number of hydrogen-bond acceptors (Lipinski definition) is 2. The number of nitrogens with one attached hydrogen (secondary N) is 1. The summed E-state index contributed by atoms with van der Waals surface area (Å²) in [5.41, 5.74) is 2.42. The van der Waals surface area contributed by atoms with Gasteiger partial charge in [0.25, 0.3) is 11.8 Å². The van der Waals surface area contributed by atoms with Crippen LogP contribution in [0.3, 0.4) is 0 Å². The van der Waals surface area contributed by atoms with E-state index in [0.717, 1.165) is 44.3 Å². The Morgan fingerprint density at radius 2 is 1.65 bits per heavy atom. The number of rotatable bonds is 3. The summed E-state index contributed by atoms with van der Waals surface area (Å²) in [7, 11) is 0. The normalized spacial score (nSPS) is 14.6. The number of likely N-dealkylation sites (tertiary alicyclic amines) is 1. The number of para-hydroxylation sites is 1. The van der Waals surface area contributed by atoms with Crippen molar-refractivity contribution in [2.75, 3.05) is 18.4 Å². The van der Waals surface area contributed by atoms with Gasteiger partial charge in [0.1, 0.15) is 0 Å². The van der Waals surface area contributed by atoms with Crippen LogP contribution in [0.4, 0.5) is 5.69 Å². The second-order valence-electron chi connectivity index (χ2n) is 6.69. The number of aryl methyl sites for hydroxylation is 1. The minimum absolute atomic E-state index is 0.0298. The van der Waals surface area contributed by atoms with Crippen molar-refractivity contribution >= 4 is 29.1 Å². The van der Waals surface area contributed by atoms with Gasteiger partial charge in [0, 0.05) is 13.1 Å². The molecular weight excluding hydrogens is 348 g/mol. The molecule has 0 radical (unpaired) electrons. The van der Waals surface area contributed by atoms with Crippen LogP contribution < -0.4 is 5.32 Å². The van der Waals surface area contributed by atoms with Crippen LogP contribution in [0.2, 0.25) is 5.02 Å². The largest absolute Gasteiger partial charge is 0.339 e. The fraction of sp³-hybridized carbons (Fsp3) is 0.333. The van der Waals surface area contributed by atoms with Crippen LogP contribution in [0.25, 0.3) is 0 Å². The summed E-state index contributed by atoms with van der Waals surface area (Å²) in [5.74, 6) is -0.344. The summed E-state index contributed by atoms with van der Waals surface area (Å²) in [6, 6.07) is 12.4. The number of halogens is 1. The molecule has 0 aromatic heterocycles. The molecule has 1 fully saturated rings. The Kier molecular flexibility index (Phi) is 5.94. The Labute approximate surface area is 159 Å². The van der Waals surface area contributed by atoms with Gasteiger partial charge in [-0.2, -0.15) is 0 Å². The maximum atomic E-state index is 13.0. The van der Waals surface area contributed by atoms with E-state index in [1.807, 2.05) is 30.0 Å². The lowest BCUT2D eigenvalue weighted by Crippen LogP contribution is -2.32. The van der Waals surface area contributed by atoms with E-state index in [0.29, 0.717) is 21.8 Å². The van der Waals surface area contributed by atoms with Crippen molar-refractivity contribution in [3.8, 4) is 0 Å². The Morgan fingerprint density at radius 1 is 0.962 bits per heavy atom. The van der Waals surface area contributed by atoms with Gasteiger partial charge >= 0.3 is 0 Å². The summed E-state index contributed by atoms with van der Waals surface area (Å²) < 4.78 is 0. The first-order chi connectivity index (χ1) is 12.6. The van der Waals surface area contributed by atoms with Crippen molar-refractivity contribution in [2.45, 2.75) is 32.6 Å². The van der Waals surface area contributed by atoms with Gasteiger partial charge in [0.05, 0.1) is 21.8 Å². The number of benzene rings is 2. The van der Waals surface area contributed by atoms with E-state index in [1.54, 1.807) is 24.3 Å².